The normalized spacial score (nSPS) is 12.3. The average molecular weight is 247 g/mol. The Morgan fingerprint density at radius 2 is 2.19 bits per heavy atom. The van der Waals surface area contributed by atoms with Crippen molar-refractivity contribution in [1.29, 1.82) is 0 Å². The number of aromatic nitrogens is 2. The molecule has 0 saturated heterocycles. The van der Waals surface area contributed by atoms with Gasteiger partial charge in [-0.05, 0) is 5.92 Å². The number of nitrogens with two attached hydrogens (primary N) is 1. The van der Waals surface area contributed by atoms with Crippen LogP contribution in [-0.2, 0) is 27.9 Å². The van der Waals surface area contributed by atoms with Gasteiger partial charge in [0.05, 0.1) is 12.3 Å². The molecule has 2 N–H and O–H groups in total. The SMILES string of the molecule is COCc1cc(S(N)(=O)=O)n(CC(C)C)n1. The van der Waals surface area contributed by atoms with Gasteiger partial charge in [-0.25, -0.2) is 13.6 Å². The van der Waals surface area contributed by atoms with E-state index < -0.39 is 10.0 Å². The zero-order valence-corrected chi connectivity index (χ0v) is 10.5. The van der Waals surface area contributed by atoms with Crippen LogP contribution in [0.2, 0.25) is 0 Å². The van der Waals surface area contributed by atoms with Crippen molar-refractivity contribution >= 4 is 10.0 Å². The van der Waals surface area contributed by atoms with E-state index in [1.165, 1.54) is 17.9 Å². The number of nitrogens with zero attached hydrogens (tertiary/aromatic N) is 2. The van der Waals surface area contributed by atoms with E-state index in [0.717, 1.165) is 0 Å². The van der Waals surface area contributed by atoms with Crippen LogP contribution >= 0.6 is 0 Å². The highest BCUT2D eigenvalue weighted by Gasteiger charge is 2.18. The monoisotopic (exact) mass is 247 g/mol. The van der Waals surface area contributed by atoms with Crippen molar-refractivity contribution in [2.45, 2.75) is 32.0 Å². The molecule has 16 heavy (non-hydrogen) atoms. The van der Waals surface area contributed by atoms with Gasteiger partial charge >= 0.3 is 0 Å². The molecule has 0 radical (unpaired) electrons. The molecule has 0 bridgehead atoms. The van der Waals surface area contributed by atoms with Crippen molar-refractivity contribution in [1.82, 2.24) is 9.78 Å². The summed E-state index contributed by atoms with van der Waals surface area (Å²) in [6.07, 6.45) is 0. The van der Waals surface area contributed by atoms with Crippen LogP contribution in [0.15, 0.2) is 11.1 Å². The number of hydrogen-bond donors (Lipinski definition) is 1. The zero-order chi connectivity index (χ0) is 12.3. The molecule has 0 saturated carbocycles. The predicted molar refractivity (Wildman–Crippen MR) is 59.2 cm³/mol. The molecule has 0 spiro atoms. The van der Waals surface area contributed by atoms with Crippen molar-refractivity contribution in [3.05, 3.63) is 11.8 Å². The smallest absolute Gasteiger partial charge is 0.255 e. The molecule has 0 aromatic carbocycles. The largest absolute Gasteiger partial charge is 0.378 e. The van der Waals surface area contributed by atoms with Gasteiger partial charge in [-0.1, -0.05) is 13.8 Å². The molecular formula is C9H17N3O3S. The van der Waals surface area contributed by atoms with Crippen LogP contribution in [0.25, 0.3) is 0 Å². The first-order chi connectivity index (χ1) is 7.34. The number of sulfonamides is 1. The van der Waals surface area contributed by atoms with E-state index in [1.54, 1.807) is 0 Å². The summed E-state index contributed by atoms with van der Waals surface area (Å²) in [7, 11) is -2.21. The highest BCUT2D eigenvalue weighted by atomic mass is 32.2. The molecule has 1 aromatic heterocycles. The van der Waals surface area contributed by atoms with Crippen molar-refractivity contribution in [2.75, 3.05) is 7.11 Å². The van der Waals surface area contributed by atoms with Gasteiger partial charge in [0, 0.05) is 19.7 Å². The van der Waals surface area contributed by atoms with Gasteiger partial charge < -0.3 is 4.74 Å². The Morgan fingerprint density at radius 3 is 2.62 bits per heavy atom. The summed E-state index contributed by atoms with van der Waals surface area (Å²) in [5, 5.41) is 9.29. The lowest BCUT2D eigenvalue weighted by Gasteiger charge is -2.07. The van der Waals surface area contributed by atoms with Gasteiger partial charge in [0.1, 0.15) is 0 Å². The van der Waals surface area contributed by atoms with Crippen LogP contribution in [0.5, 0.6) is 0 Å². The molecule has 1 heterocycles. The molecule has 0 amide bonds. The van der Waals surface area contributed by atoms with Crippen molar-refractivity contribution < 1.29 is 13.2 Å². The van der Waals surface area contributed by atoms with E-state index in [-0.39, 0.29) is 17.6 Å². The standard InChI is InChI=1S/C9H17N3O3S/c1-7(2)5-12-9(16(10,13)14)4-8(11-12)6-15-3/h4,7H,5-6H2,1-3H3,(H2,10,13,14). The van der Waals surface area contributed by atoms with Crippen LogP contribution in [-0.4, -0.2) is 25.3 Å². The van der Waals surface area contributed by atoms with E-state index in [1.807, 2.05) is 13.8 Å². The van der Waals surface area contributed by atoms with Crippen molar-refractivity contribution in [2.24, 2.45) is 11.1 Å². The lowest BCUT2D eigenvalue weighted by Crippen LogP contribution is -2.19. The van der Waals surface area contributed by atoms with Gasteiger partial charge in [0.15, 0.2) is 5.03 Å². The summed E-state index contributed by atoms with van der Waals surface area (Å²) >= 11 is 0. The molecule has 0 unspecified atom stereocenters. The van der Waals surface area contributed by atoms with Gasteiger partial charge in [-0.3, -0.25) is 4.68 Å². The number of ether oxygens (including phenoxy) is 1. The third-order valence-corrected chi connectivity index (χ3v) is 2.83. The molecule has 1 rings (SSSR count). The third kappa shape index (κ3) is 3.29. The second kappa shape index (κ2) is 4.94. The Labute approximate surface area is 95.4 Å². The molecule has 92 valence electrons. The van der Waals surface area contributed by atoms with Gasteiger partial charge in [-0.15, -0.1) is 0 Å². The maximum absolute atomic E-state index is 11.3. The van der Waals surface area contributed by atoms with Crippen molar-refractivity contribution in [3.8, 4) is 0 Å². The zero-order valence-electron chi connectivity index (χ0n) is 9.67. The molecule has 7 heteroatoms. The van der Waals surface area contributed by atoms with Crippen LogP contribution in [0.3, 0.4) is 0 Å². The molecule has 0 fully saturated rings. The lowest BCUT2D eigenvalue weighted by atomic mass is 10.2. The lowest BCUT2D eigenvalue weighted by molar-refractivity contribution is 0.180. The topological polar surface area (TPSA) is 87.2 Å². The number of primary sulfonamides is 1. The maximum Gasteiger partial charge on any atom is 0.255 e. The average Bonchev–Trinajstić information content (AvgIpc) is 2.46. The van der Waals surface area contributed by atoms with Gasteiger partial charge in [-0.2, -0.15) is 5.10 Å². The Bertz CT molecular complexity index is 451. The number of hydrogen-bond acceptors (Lipinski definition) is 4. The minimum Gasteiger partial charge on any atom is -0.378 e. The quantitative estimate of drug-likeness (QED) is 0.812. The van der Waals surface area contributed by atoms with Crippen LogP contribution in [0.1, 0.15) is 19.5 Å². The highest BCUT2D eigenvalue weighted by Crippen LogP contribution is 2.12. The second-order valence-electron chi connectivity index (χ2n) is 4.03. The Morgan fingerprint density at radius 1 is 1.56 bits per heavy atom. The van der Waals surface area contributed by atoms with Crippen LogP contribution < -0.4 is 5.14 Å². The summed E-state index contributed by atoms with van der Waals surface area (Å²) < 4.78 is 29.0. The van der Waals surface area contributed by atoms with E-state index in [0.29, 0.717) is 12.2 Å². The summed E-state index contributed by atoms with van der Waals surface area (Å²) in [4.78, 5) is 0. The number of methoxy groups -OCH3 is 1. The first-order valence-corrected chi connectivity index (χ1v) is 6.47. The summed E-state index contributed by atoms with van der Waals surface area (Å²) in [5.74, 6) is 0.288. The van der Waals surface area contributed by atoms with E-state index in [9.17, 15) is 8.42 Å². The van der Waals surface area contributed by atoms with Gasteiger partial charge in [0.2, 0.25) is 0 Å². The second-order valence-corrected chi connectivity index (χ2v) is 5.54. The van der Waals surface area contributed by atoms with Gasteiger partial charge in [0.25, 0.3) is 10.0 Å². The Balaban J connectivity index is 3.13. The molecule has 6 nitrogen and oxygen atoms in total. The molecule has 0 aliphatic carbocycles. The molecule has 0 atom stereocenters. The van der Waals surface area contributed by atoms with Crippen molar-refractivity contribution in [3.63, 3.8) is 0 Å². The predicted octanol–water partition coefficient (Wildman–Crippen LogP) is 0.333. The Kier molecular flexibility index (Phi) is 4.06. The molecule has 1 aromatic rings. The van der Waals surface area contributed by atoms with E-state index in [2.05, 4.69) is 5.10 Å². The third-order valence-electron chi connectivity index (χ3n) is 1.92. The highest BCUT2D eigenvalue weighted by molar-refractivity contribution is 7.89. The van der Waals surface area contributed by atoms with Crippen LogP contribution in [0, 0.1) is 5.92 Å². The number of rotatable bonds is 5. The molecule has 0 aliphatic heterocycles. The molecular weight excluding hydrogens is 230 g/mol. The van der Waals surface area contributed by atoms with E-state index in [4.69, 9.17) is 9.88 Å². The minimum absolute atomic E-state index is 0.0354. The molecule has 0 aliphatic rings. The fraction of sp³-hybridized carbons (Fsp3) is 0.667. The Hall–Kier alpha value is -0.920. The minimum atomic E-state index is -3.73. The van der Waals surface area contributed by atoms with Crippen LogP contribution in [0.4, 0.5) is 0 Å². The fourth-order valence-electron chi connectivity index (χ4n) is 1.37. The fourth-order valence-corrected chi connectivity index (χ4v) is 2.08. The summed E-state index contributed by atoms with van der Waals surface area (Å²) in [6, 6.07) is 1.45. The maximum atomic E-state index is 11.3. The first kappa shape index (κ1) is 13.1. The summed E-state index contributed by atoms with van der Waals surface area (Å²) in [5.41, 5.74) is 0.562. The summed E-state index contributed by atoms with van der Waals surface area (Å²) in [6.45, 7) is 4.73. The first-order valence-electron chi connectivity index (χ1n) is 4.93. The van der Waals surface area contributed by atoms with E-state index >= 15 is 0 Å².